The molecule has 3 fully saturated rings. The maximum atomic E-state index is 14.2. The largest absolute Gasteiger partial charge is 0.508 e. The monoisotopic (exact) mass is 972 g/mol. The molecule has 4 rings (SSSR count). The van der Waals surface area contributed by atoms with Crippen molar-refractivity contribution in [2.75, 3.05) is 26.2 Å². The van der Waals surface area contributed by atoms with Crippen molar-refractivity contribution in [3.8, 4) is 5.75 Å². The molecule has 69 heavy (non-hydrogen) atoms. The average molecular weight is 972 g/mol. The van der Waals surface area contributed by atoms with Crippen LogP contribution in [-0.2, 0) is 49.6 Å². The molecule has 0 bridgehead atoms. The minimum Gasteiger partial charge on any atom is -0.508 e. The summed E-state index contributed by atoms with van der Waals surface area (Å²) in [6.07, 6.45) is 3.97. The van der Waals surface area contributed by atoms with E-state index in [1.54, 1.807) is 0 Å². The lowest BCUT2D eigenvalue weighted by Gasteiger charge is -2.31. The van der Waals surface area contributed by atoms with Crippen LogP contribution in [0.3, 0.4) is 0 Å². The van der Waals surface area contributed by atoms with Gasteiger partial charge in [-0.3, -0.25) is 43.2 Å². The van der Waals surface area contributed by atoms with Gasteiger partial charge in [-0.2, -0.15) is 0 Å². The lowest BCUT2D eigenvalue weighted by Crippen LogP contribution is -2.62. The van der Waals surface area contributed by atoms with Crippen LogP contribution in [0.2, 0.25) is 0 Å². The number of fused-ring (bicyclic) bond motifs is 2. The van der Waals surface area contributed by atoms with E-state index in [9.17, 15) is 68.7 Å². The van der Waals surface area contributed by atoms with Gasteiger partial charge < -0.3 is 61.9 Å². The number of amides is 7. The van der Waals surface area contributed by atoms with Crippen LogP contribution in [0.25, 0.3) is 0 Å². The van der Waals surface area contributed by atoms with Crippen molar-refractivity contribution < 1.29 is 68.7 Å². The number of phenols is 1. The fourth-order valence-electron chi connectivity index (χ4n) is 8.88. The van der Waals surface area contributed by atoms with E-state index in [2.05, 4.69) is 40.4 Å². The number of phenolic OH excluding ortho intramolecular Hbond substituents is 1. The summed E-state index contributed by atoms with van der Waals surface area (Å²) in [7, 11) is 0. The Morgan fingerprint density at radius 1 is 0.797 bits per heavy atom. The second-order valence-electron chi connectivity index (χ2n) is 19.0. The van der Waals surface area contributed by atoms with Gasteiger partial charge in [0.15, 0.2) is 17.6 Å². The van der Waals surface area contributed by atoms with Gasteiger partial charge in [-0.25, -0.2) is 0 Å². The number of carbonyl (C=O) groups excluding carboxylic acids is 9. The Kier molecular flexibility index (Phi) is 22.0. The van der Waals surface area contributed by atoms with E-state index in [4.69, 9.17) is 0 Å². The molecule has 0 radical (unpaired) electrons. The van der Waals surface area contributed by atoms with E-state index < -0.39 is 152 Å². The number of aliphatic hydroxyl groups excluding tert-OH is 4. The number of nitrogens with zero attached hydrogens (tertiary/aromatic N) is 2. The van der Waals surface area contributed by atoms with Crippen molar-refractivity contribution >= 4 is 52.9 Å². The molecule has 0 aliphatic carbocycles. The molecule has 1 aromatic carbocycles. The first-order valence-electron chi connectivity index (χ1n) is 24.3. The number of carbonyl (C=O) groups is 9. The lowest BCUT2D eigenvalue weighted by molar-refractivity contribution is -0.146. The van der Waals surface area contributed by atoms with Crippen LogP contribution in [0.5, 0.6) is 5.75 Å². The zero-order valence-electron chi connectivity index (χ0n) is 40.2. The van der Waals surface area contributed by atoms with E-state index in [1.807, 2.05) is 0 Å². The van der Waals surface area contributed by atoms with Crippen LogP contribution in [0, 0.1) is 11.8 Å². The normalized spacial score (nSPS) is 27.5. The molecule has 0 saturated carbocycles. The van der Waals surface area contributed by atoms with Gasteiger partial charge in [0.2, 0.25) is 35.4 Å². The molecule has 3 aliphatic heterocycles. The summed E-state index contributed by atoms with van der Waals surface area (Å²) < 4.78 is 0. The van der Waals surface area contributed by atoms with Crippen LogP contribution >= 0.6 is 0 Å². The minimum absolute atomic E-state index is 0.00290. The lowest BCUT2D eigenvalue weighted by atomic mass is 9.99. The summed E-state index contributed by atoms with van der Waals surface area (Å²) in [5.41, 5.74) is 0.298. The molecule has 384 valence electrons. The first-order chi connectivity index (χ1) is 32.7. The summed E-state index contributed by atoms with van der Waals surface area (Å²) in [4.78, 5) is 126. The zero-order valence-corrected chi connectivity index (χ0v) is 40.2. The molecule has 10 N–H and O–H groups in total. The van der Waals surface area contributed by atoms with Crippen molar-refractivity contribution in [3.05, 3.63) is 29.8 Å². The molecule has 0 spiro atoms. The molecule has 3 heterocycles. The van der Waals surface area contributed by atoms with Crippen LogP contribution < -0.4 is 26.6 Å². The van der Waals surface area contributed by atoms with E-state index in [0.717, 1.165) is 54.7 Å². The molecule has 21 heteroatoms. The Labute approximate surface area is 402 Å². The van der Waals surface area contributed by atoms with Gasteiger partial charge in [0.1, 0.15) is 36.0 Å². The predicted molar refractivity (Wildman–Crippen MR) is 248 cm³/mol. The first kappa shape index (κ1) is 56.1. The predicted octanol–water partition coefficient (Wildman–Crippen LogP) is -0.978. The first-order valence-corrected chi connectivity index (χ1v) is 24.3. The highest BCUT2D eigenvalue weighted by molar-refractivity contribution is 6.10. The topological polar surface area (TPSA) is 321 Å². The SMILES string of the molecule is CCC(C)CCCCCCCCCCC(=O)N[C@H]1CC(=O)CNC(=O)[C@@H]2[C@@H](O)[C@@H](C)CN2C(=O)[C@H](CO)NC(=O)[C@@H](C(=O)Cc2ccc(O)cc2)NC(=O)[C@@H]2C[C@@H](O)CN2C(=O)[C@H]([C@@H](C)O)NC1=O. The quantitative estimate of drug-likeness (QED) is 0.0625. The van der Waals surface area contributed by atoms with Gasteiger partial charge in [-0.1, -0.05) is 90.7 Å². The summed E-state index contributed by atoms with van der Waals surface area (Å²) >= 11 is 0. The number of aromatic hydroxyl groups is 1. The number of benzene rings is 1. The molecular weight excluding hydrogens is 899 g/mol. The van der Waals surface area contributed by atoms with Gasteiger partial charge in [0.25, 0.3) is 5.91 Å². The van der Waals surface area contributed by atoms with E-state index >= 15 is 0 Å². The van der Waals surface area contributed by atoms with Gasteiger partial charge >= 0.3 is 0 Å². The molecule has 11 atom stereocenters. The summed E-state index contributed by atoms with van der Waals surface area (Å²) in [6.45, 7) is 4.58. The Morgan fingerprint density at radius 2 is 1.43 bits per heavy atom. The standard InChI is InChI=1S/C48H73N7O14/c1-5-27(2)14-12-10-8-6-7-9-11-13-15-38(62)50-34-21-32(59)23-49-46(67)41-42(63)28(3)24-55(41)47(68)35(26-56)51-45(66)40(37(61)20-30-16-18-31(58)19-17-30)53-44(65)36-22-33(60)25-54(36)48(69)39(29(4)57)52-43(34)64/h16-19,27-29,33-36,39-42,56-58,60,63H,5-15,20-26H2,1-4H3,(H,49,67)(H,50,62)(H,51,66)(H,52,64)(H,53,65)/t27?,28-,29+,33+,34-,35-,36-,39-,40+,41-,42-/m0/s1. The van der Waals surface area contributed by atoms with E-state index in [-0.39, 0.29) is 18.7 Å². The number of nitrogens with one attached hydrogen (secondary N) is 5. The molecule has 21 nitrogen and oxygen atoms in total. The highest BCUT2D eigenvalue weighted by atomic mass is 16.3. The maximum absolute atomic E-state index is 14.2. The van der Waals surface area contributed by atoms with Crippen molar-refractivity contribution in [2.45, 2.75) is 172 Å². The van der Waals surface area contributed by atoms with Gasteiger partial charge in [-0.15, -0.1) is 0 Å². The molecule has 3 aliphatic rings. The number of ketones is 2. The van der Waals surface area contributed by atoms with E-state index in [0.29, 0.717) is 12.0 Å². The summed E-state index contributed by atoms with van der Waals surface area (Å²) in [5, 5.41) is 64.7. The van der Waals surface area contributed by atoms with Crippen LogP contribution in [0.4, 0.5) is 0 Å². The molecule has 1 aromatic rings. The molecular formula is C48H73N7O14. The molecule has 3 saturated heterocycles. The van der Waals surface area contributed by atoms with Gasteiger partial charge in [0, 0.05) is 44.7 Å². The highest BCUT2D eigenvalue weighted by Crippen LogP contribution is 2.26. The van der Waals surface area contributed by atoms with Crippen molar-refractivity contribution in [1.82, 2.24) is 36.4 Å². The fraction of sp³-hybridized carbons (Fsp3) is 0.688. The number of hydrogen-bond acceptors (Lipinski definition) is 14. The Balaban J connectivity index is 1.61. The number of rotatable bonds is 18. The summed E-state index contributed by atoms with van der Waals surface area (Å²) in [5.74, 6) is -9.08. The van der Waals surface area contributed by atoms with Crippen molar-refractivity contribution in [2.24, 2.45) is 11.8 Å². The Morgan fingerprint density at radius 3 is 2.06 bits per heavy atom. The number of unbranched alkanes of at least 4 members (excludes halogenated alkanes) is 7. The molecule has 1 unspecified atom stereocenters. The third-order valence-electron chi connectivity index (χ3n) is 13.3. The van der Waals surface area contributed by atoms with E-state index in [1.165, 1.54) is 56.9 Å². The van der Waals surface area contributed by atoms with Crippen LogP contribution in [0.15, 0.2) is 24.3 Å². The van der Waals surface area contributed by atoms with Gasteiger partial charge in [-0.05, 0) is 37.0 Å². The number of aliphatic hydroxyl groups is 4. The third kappa shape index (κ3) is 16.3. The van der Waals surface area contributed by atoms with Crippen molar-refractivity contribution in [1.29, 1.82) is 0 Å². The minimum atomic E-state index is -2.10. The van der Waals surface area contributed by atoms with Crippen LogP contribution in [0.1, 0.15) is 117 Å². The van der Waals surface area contributed by atoms with Crippen LogP contribution in [-0.4, -0.2) is 169 Å². The highest BCUT2D eigenvalue weighted by Gasteiger charge is 2.48. The third-order valence-corrected chi connectivity index (χ3v) is 13.3. The molecule has 0 aromatic heterocycles. The number of hydrogen-bond donors (Lipinski definition) is 10. The maximum Gasteiger partial charge on any atom is 0.251 e. The second-order valence-corrected chi connectivity index (χ2v) is 19.0. The Bertz CT molecular complexity index is 1970. The smallest absolute Gasteiger partial charge is 0.251 e. The number of Topliss-reactive ketones (excluding diaryl/α,β-unsaturated/α-hetero) is 2. The summed E-state index contributed by atoms with van der Waals surface area (Å²) in [6, 6.07) is -5.30. The fourth-order valence-corrected chi connectivity index (χ4v) is 8.88. The zero-order chi connectivity index (χ0) is 50.9. The Hall–Kier alpha value is -5.51. The van der Waals surface area contributed by atoms with Gasteiger partial charge in [0.05, 0.1) is 31.5 Å². The second kappa shape index (κ2) is 27.0. The average Bonchev–Trinajstić information content (AvgIpc) is 3.85. The molecule has 7 amide bonds. The van der Waals surface area contributed by atoms with Crippen molar-refractivity contribution in [3.63, 3.8) is 0 Å².